The Balaban J connectivity index is 1.44. The van der Waals surface area contributed by atoms with E-state index in [0.717, 1.165) is 79.7 Å². The van der Waals surface area contributed by atoms with E-state index in [1.165, 1.54) is 0 Å². The average molecular weight is 492 g/mol. The van der Waals surface area contributed by atoms with Crippen LogP contribution in [-0.4, -0.2) is 39.8 Å². The highest BCUT2D eigenvalue weighted by Gasteiger charge is 2.39. The van der Waals surface area contributed by atoms with Gasteiger partial charge in [-0.05, 0) is 76.7 Å². The standard InChI is InChI=1S/C27H30ClN5O2/c1-17-5-8-22-23(33(17)27(34)18-6-7-18)10-9-21(26(22)35-25-4-2-3-24(28)31-25)19-15-30-32(16-19)20-11-13-29-14-12-20/h2-4,9-10,15-18,20,29H,5-8,11-14H2,1H3. The minimum absolute atomic E-state index is 0.158. The second kappa shape index (κ2) is 9.28. The van der Waals surface area contributed by atoms with Crippen LogP contribution in [0.3, 0.4) is 0 Å². The molecular formula is C27H30ClN5O2. The Morgan fingerprint density at radius 2 is 1.94 bits per heavy atom. The summed E-state index contributed by atoms with van der Waals surface area (Å²) in [7, 11) is 0. The summed E-state index contributed by atoms with van der Waals surface area (Å²) in [6.45, 7) is 4.16. The molecule has 6 rings (SSSR count). The van der Waals surface area contributed by atoms with Crippen molar-refractivity contribution in [3.8, 4) is 22.8 Å². The molecule has 1 amide bonds. The molecule has 2 fully saturated rings. The van der Waals surface area contributed by atoms with E-state index in [2.05, 4.69) is 40.2 Å². The number of hydrogen-bond donors (Lipinski definition) is 1. The number of pyridine rings is 1. The molecule has 1 saturated heterocycles. The Morgan fingerprint density at radius 1 is 1.11 bits per heavy atom. The first-order chi connectivity index (χ1) is 17.1. The summed E-state index contributed by atoms with van der Waals surface area (Å²) in [4.78, 5) is 19.6. The Kier molecular flexibility index (Phi) is 5.98. The SMILES string of the molecule is CC1CCc2c(ccc(-c3cnn(C4CCNCC4)c3)c2Oc2cccc(Cl)n2)N1C(=O)C1CC1. The topological polar surface area (TPSA) is 72.3 Å². The van der Waals surface area contributed by atoms with Crippen molar-refractivity contribution < 1.29 is 9.53 Å². The number of ether oxygens (including phenoxy) is 1. The van der Waals surface area contributed by atoms with Gasteiger partial charge in [-0.15, -0.1) is 0 Å². The van der Waals surface area contributed by atoms with Gasteiger partial charge in [0, 0.05) is 40.9 Å². The van der Waals surface area contributed by atoms with E-state index in [9.17, 15) is 4.79 Å². The zero-order valence-electron chi connectivity index (χ0n) is 19.9. The molecule has 1 aromatic carbocycles. The van der Waals surface area contributed by atoms with E-state index in [4.69, 9.17) is 21.4 Å². The number of halogens is 1. The van der Waals surface area contributed by atoms with Crippen molar-refractivity contribution in [1.82, 2.24) is 20.1 Å². The van der Waals surface area contributed by atoms with Crippen LogP contribution in [0.2, 0.25) is 5.15 Å². The molecule has 4 heterocycles. The molecule has 182 valence electrons. The summed E-state index contributed by atoms with van der Waals surface area (Å²) in [5, 5.41) is 8.51. The number of amides is 1. The Labute approximate surface area is 210 Å². The number of carbonyl (C=O) groups excluding carboxylic acids is 1. The van der Waals surface area contributed by atoms with Gasteiger partial charge in [0.15, 0.2) is 0 Å². The van der Waals surface area contributed by atoms with Gasteiger partial charge < -0.3 is 15.0 Å². The monoisotopic (exact) mass is 491 g/mol. The lowest BCUT2D eigenvalue weighted by molar-refractivity contribution is -0.120. The molecule has 0 bridgehead atoms. The summed E-state index contributed by atoms with van der Waals surface area (Å²) in [6.07, 6.45) is 9.87. The fourth-order valence-electron chi connectivity index (χ4n) is 5.31. The number of rotatable bonds is 5. The van der Waals surface area contributed by atoms with Crippen LogP contribution in [-0.2, 0) is 11.2 Å². The summed E-state index contributed by atoms with van der Waals surface area (Å²) in [6, 6.07) is 10.1. The van der Waals surface area contributed by atoms with Crippen LogP contribution in [0.5, 0.6) is 11.6 Å². The molecule has 1 aliphatic carbocycles. The van der Waals surface area contributed by atoms with Crippen LogP contribution in [0.15, 0.2) is 42.7 Å². The van der Waals surface area contributed by atoms with E-state index >= 15 is 0 Å². The molecule has 3 aromatic rings. The molecule has 1 unspecified atom stereocenters. The normalized spacial score (nSPS) is 20.5. The fourth-order valence-corrected chi connectivity index (χ4v) is 5.47. The second-order valence-corrected chi connectivity index (χ2v) is 10.3. The maximum atomic E-state index is 13.2. The number of piperidine rings is 1. The van der Waals surface area contributed by atoms with E-state index in [-0.39, 0.29) is 17.9 Å². The highest BCUT2D eigenvalue weighted by molar-refractivity contribution is 6.29. The van der Waals surface area contributed by atoms with E-state index in [1.54, 1.807) is 6.07 Å². The number of hydrogen-bond acceptors (Lipinski definition) is 5. The first kappa shape index (κ1) is 22.6. The highest BCUT2D eigenvalue weighted by Crippen LogP contribution is 2.46. The van der Waals surface area contributed by atoms with Gasteiger partial charge in [0.2, 0.25) is 11.8 Å². The lowest BCUT2D eigenvalue weighted by Crippen LogP contribution is -2.43. The van der Waals surface area contributed by atoms with Crippen LogP contribution in [0.1, 0.15) is 50.6 Å². The first-order valence-electron chi connectivity index (χ1n) is 12.6. The van der Waals surface area contributed by atoms with E-state index in [1.807, 2.05) is 23.2 Å². The smallest absolute Gasteiger partial charge is 0.230 e. The lowest BCUT2D eigenvalue weighted by Gasteiger charge is -2.36. The van der Waals surface area contributed by atoms with Crippen molar-refractivity contribution in [1.29, 1.82) is 0 Å². The van der Waals surface area contributed by atoms with Crippen molar-refractivity contribution in [2.45, 2.75) is 57.5 Å². The third-order valence-electron chi connectivity index (χ3n) is 7.40. The molecule has 2 aromatic heterocycles. The van der Waals surface area contributed by atoms with E-state index < -0.39 is 0 Å². The number of anilines is 1. The van der Waals surface area contributed by atoms with Crippen LogP contribution in [0.4, 0.5) is 5.69 Å². The van der Waals surface area contributed by atoms with Gasteiger partial charge in [0.25, 0.3) is 0 Å². The maximum Gasteiger partial charge on any atom is 0.230 e. The van der Waals surface area contributed by atoms with Crippen molar-refractivity contribution in [2.75, 3.05) is 18.0 Å². The average Bonchev–Trinajstić information content (AvgIpc) is 3.61. The molecule has 35 heavy (non-hydrogen) atoms. The van der Waals surface area contributed by atoms with Crippen LogP contribution in [0.25, 0.3) is 11.1 Å². The number of benzene rings is 1. The third-order valence-corrected chi connectivity index (χ3v) is 7.61. The van der Waals surface area contributed by atoms with Crippen molar-refractivity contribution >= 4 is 23.2 Å². The Bertz CT molecular complexity index is 1250. The molecule has 0 radical (unpaired) electrons. The maximum absolute atomic E-state index is 13.2. The summed E-state index contributed by atoms with van der Waals surface area (Å²) in [5.41, 5.74) is 3.96. The van der Waals surface area contributed by atoms with E-state index in [0.29, 0.717) is 17.1 Å². The Morgan fingerprint density at radius 3 is 2.71 bits per heavy atom. The fraction of sp³-hybridized carbons (Fsp3) is 0.444. The molecule has 7 nitrogen and oxygen atoms in total. The van der Waals surface area contributed by atoms with Gasteiger partial charge in [-0.2, -0.15) is 5.10 Å². The van der Waals surface area contributed by atoms with Gasteiger partial charge in [-0.1, -0.05) is 17.7 Å². The molecular weight excluding hydrogens is 462 g/mol. The first-order valence-corrected chi connectivity index (χ1v) is 13.0. The molecule has 1 atom stereocenters. The number of fused-ring (bicyclic) bond motifs is 1. The van der Waals surface area contributed by atoms with Crippen molar-refractivity contribution in [3.63, 3.8) is 0 Å². The number of carbonyl (C=O) groups is 1. The van der Waals surface area contributed by atoms with Crippen LogP contribution in [0, 0.1) is 5.92 Å². The zero-order valence-corrected chi connectivity index (χ0v) is 20.7. The third kappa shape index (κ3) is 4.43. The molecule has 0 spiro atoms. The summed E-state index contributed by atoms with van der Waals surface area (Å²) >= 11 is 6.16. The minimum atomic E-state index is 0.158. The van der Waals surface area contributed by atoms with Crippen LogP contribution < -0.4 is 15.0 Å². The molecule has 2 aliphatic heterocycles. The molecule has 3 aliphatic rings. The van der Waals surface area contributed by atoms with Gasteiger partial charge in [0.05, 0.1) is 17.9 Å². The molecule has 8 heteroatoms. The Hall–Kier alpha value is -2.90. The predicted molar refractivity (Wildman–Crippen MR) is 136 cm³/mol. The highest BCUT2D eigenvalue weighted by atomic mass is 35.5. The zero-order chi connectivity index (χ0) is 23.9. The lowest BCUT2D eigenvalue weighted by atomic mass is 9.92. The number of nitrogens with zero attached hydrogens (tertiary/aromatic N) is 4. The van der Waals surface area contributed by atoms with Gasteiger partial charge >= 0.3 is 0 Å². The number of nitrogens with one attached hydrogen (secondary N) is 1. The minimum Gasteiger partial charge on any atom is -0.438 e. The van der Waals surface area contributed by atoms with Gasteiger partial charge in [-0.25, -0.2) is 4.98 Å². The largest absolute Gasteiger partial charge is 0.438 e. The van der Waals surface area contributed by atoms with Crippen molar-refractivity contribution in [3.05, 3.63) is 53.4 Å². The summed E-state index contributed by atoms with van der Waals surface area (Å²) in [5.74, 6) is 1.57. The second-order valence-electron chi connectivity index (χ2n) is 9.90. The summed E-state index contributed by atoms with van der Waals surface area (Å²) < 4.78 is 8.54. The van der Waals surface area contributed by atoms with Gasteiger partial charge in [-0.3, -0.25) is 9.48 Å². The van der Waals surface area contributed by atoms with Crippen LogP contribution >= 0.6 is 11.6 Å². The molecule has 1 N–H and O–H groups in total. The predicted octanol–water partition coefficient (Wildman–Crippen LogP) is 5.39. The van der Waals surface area contributed by atoms with Crippen molar-refractivity contribution in [2.24, 2.45) is 5.92 Å². The quantitative estimate of drug-likeness (QED) is 0.484. The number of aromatic nitrogens is 3. The van der Waals surface area contributed by atoms with Gasteiger partial charge in [0.1, 0.15) is 10.9 Å². The molecule has 1 saturated carbocycles.